The van der Waals surface area contributed by atoms with E-state index in [0.717, 1.165) is 0 Å². The van der Waals surface area contributed by atoms with E-state index in [0.29, 0.717) is 5.88 Å². The van der Waals surface area contributed by atoms with Gasteiger partial charge in [-0.1, -0.05) is 0 Å². The topological polar surface area (TPSA) is 23.8 Å². The molecule has 0 saturated heterocycles. The van der Waals surface area contributed by atoms with E-state index in [1.165, 1.54) is 0 Å². The van der Waals surface area contributed by atoms with Crippen LogP contribution in [0.5, 0.6) is 0 Å². The standard InChI is InChI=1S/C4H9ClN/c1-4(2,6)3-5/h6H,3H2,1-2H3. The Morgan fingerprint density at radius 2 is 1.83 bits per heavy atom. The molecule has 0 aliphatic heterocycles. The first-order valence-corrected chi connectivity index (χ1v) is 2.41. The summed E-state index contributed by atoms with van der Waals surface area (Å²) in [6.07, 6.45) is 0. The van der Waals surface area contributed by atoms with E-state index < -0.39 is 5.54 Å². The molecule has 0 aromatic rings. The van der Waals surface area contributed by atoms with Gasteiger partial charge in [0.05, 0.1) is 0 Å². The van der Waals surface area contributed by atoms with Crippen molar-refractivity contribution < 1.29 is 0 Å². The average molecular weight is 107 g/mol. The molecule has 6 heavy (non-hydrogen) atoms. The lowest BCUT2D eigenvalue weighted by atomic mass is 10.1. The maximum atomic E-state index is 7.05. The molecule has 0 saturated carbocycles. The first-order valence-electron chi connectivity index (χ1n) is 1.87. The third-order valence-corrected chi connectivity index (χ3v) is 1.00. The molecule has 0 bridgehead atoms. The number of rotatable bonds is 1. The molecular formula is C4H9ClN. The Bertz CT molecular complexity index is 37.3. The second kappa shape index (κ2) is 1.80. The van der Waals surface area contributed by atoms with Crippen molar-refractivity contribution in [2.75, 3.05) is 5.88 Å². The second-order valence-corrected chi connectivity index (χ2v) is 2.28. The molecule has 0 aromatic carbocycles. The molecule has 0 spiro atoms. The fourth-order valence-corrected chi connectivity index (χ4v) is 0. The second-order valence-electron chi connectivity index (χ2n) is 2.02. The highest BCUT2D eigenvalue weighted by Gasteiger charge is 2.06. The molecule has 2 heteroatoms. The van der Waals surface area contributed by atoms with Crippen LogP contribution < -0.4 is 5.73 Å². The highest BCUT2D eigenvalue weighted by Crippen LogP contribution is 1.99. The van der Waals surface area contributed by atoms with Crippen LogP contribution >= 0.6 is 11.6 Å². The summed E-state index contributed by atoms with van der Waals surface area (Å²) in [5.41, 5.74) is 6.61. The van der Waals surface area contributed by atoms with Crippen LogP contribution in [0.15, 0.2) is 0 Å². The lowest BCUT2D eigenvalue weighted by Gasteiger charge is -2.09. The van der Waals surface area contributed by atoms with Gasteiger partial charge in [0.1, 0.15) is 0 Å². The van der Waals surface area contributed by atoms with Gasteiger partial charge in [0.2, 0.25) is 0 Å². The van der Waals surface area contributed by atoms with Gasteiger partial charge in [-0.3, -0.25) is 5.73 Å². The molecule has 0 fully saturated rings. The lowest BCUT2D eigenvalue weighted by molar-refractivity contribution is 0.565. The summed E-state index contributed by atoms with van der Waals surface area (Å²) in [5.74, 6) is 0.410. The van der Waals surface area contributed by atoms with Gasteiger partial charge in [-0.15, -0.1) is 11.6 Å². The van der Waals surface area contributed by atoms with Crippen LogP contribution in [0.25, 0.3) is 0 Å². The summed E-state index contributed by atoms with van der Waals surface area (Å²) >= 11 is 5.29. The monoisotopic (exact) mass is 106 g/mol. The normalized spacial score (nSPS) is 12.0. The number of halogens is 1. The minimum atomic E-state index is -0.443. The van der Waals surface area contributed by atoms with Crippen LogP contribution in [0, 0.1) is 0 Å². The van der Waals surface area contributed by atoms with Crippen molar-refractivity contribution >= 4 is 11.6 Å². The molecule has 1 N–H and O–H groups in total. The van der Waals surface area contributed by atoms with Crippen LogP contribution in [0.2, 0.25) is 0 Å². The summed E-state index contributed by atoms with van der Waals surface area (Å²) < 4.78 is 0. The minimum Gasteiger partial charge on any atom is -0.251 e. The van der Waals surface area contributed by atoms with Gasteiger partial charge in [0.25, 0.3) is 0 Å². The van der Waals surface area contributed by atoms with Crippen LogP contribution in [-0.2, 0) is 0 Å². The summed E-state index contributed by atoms with van der Waals surface area (Å²) in [6, 6.07) is 0. The lowest BCUT2D eigenvalue weighted by Crippen LogP contribution is -2.22. The Morgan fingerprint density at radius 1 is 1.67 bits per heavy atom. The highest BCUT2D eigenvalue weighted by molar-refractivity contribution is 6.18. The Hall–Kier alpha value is 0.250. The molecule has 0 atom stereocenters. The first-order chi connectivity index (χ1) is 2.56. The summed E-state index contributed by atoms with van der Waals surface area (Å²) in [7, 11) is 0. The van der Waals surface area contributed by atoms with E-state index in [1.807, 2.05) is 0 Å². The highest BCUT2D eigenvalue weighted by atomic mass is 35.5. The largest absolute Gasteiger partial charge is 0.251 e. The van der Waals surface area contributed by atoms with Crippen LogP contribution in [0.4, 0.5) is 0 Å². The van der Waals surface area contributed by atoms with E-state index in [9.17, 15) is 0 Å². The number of alkyl halides is 1. The zero-order valence-corrected chi connectivity index (χ0v) is 4.84. The molecule has 0 aromatic heterocycles. The van der Waals surface area contributed by atoms with Crippen molar-refractivity contribution in [2.45, 2.75) is 19.4 Å². The fourth-order valence-electron chi connectivity index (χ4n) is 0. The zero-order chi connectivity index (χ0) is 5.21. The molecule has 0 unspecified atom stereocenters. The van der Waals surface area contributed by atoms with E-state index in [2.05, 4.69) is 0 Å². The fraction of sp³-hybridized carbons (Fsp3) is 1.00. The maximum Gasteiger partial charge on any atom is 0.0413 e. The first kappa shape index (κ1) is 6.25. The SMILES string of the molecule is CC(C)([NH])CCl. The van der Waals surface area contributed by atoms with Gasteiger partial charge in [-0.25, -0.2) is 0 Å². The zero-order valence-electron chi connectivity index (χ0n) is 4.09. The Labute approximate surface area is 43.5 Å². The molecular weight excluding hydrogens is 97.5 g/mol. The Morgan fingerprint density at radius 3 is 1.83 bits per heavy atom. The van der Waals surface area contributed by atoms with E-state index in [-0.39, 0.29) is 0 Å². The molecule has 0 heterocycles. The molecule has 37 valence electrons. The average Bonchev–Trinajstić information content (AvgIpc) is 1.35. The van der Waals surface area contributed by atoms with Gasteiger partial charge in [0.15, 0.2) is 0 Å². The number of hydrogen-bond donors (Lipinski definition) is 0. The van der Waals surface area contributed by atoms with Crippen molar-refractivity contribution in [1.29, 1.82) is 0 Å². The van der Waals surface area contributed by atoms with Crippen molar-refractivity contribution in [3.8, 4) is 0 Å². The molecule has 0 amide bonds. The van der Waals surface area contributed by atoms with E-state index in [1.54, 1.807) is 13.8 Å². The van der Waals surface area contributed by atoms with Crippen molar-refractivity contribution in [1.82, 2.24) is 5.73 Å². The third-order valence-electron chi connectivity index (χ3n) is 0.334. The third kappa shape index (κ3) is 4.25. The van der Waals surface area contributed by atoms with Gasteiger partial charge in [-0.05, 0) is 13.8 Å². The molecule has 0 aliphatic rings. The van der Waals surface area contributed by atoms with E-state index >= 15 is 0 Å². The van der Waals surface area contributed by atoms with Crippen LogP contribution in [-0.4, -0.2) is 11.4 Å². The van der Waals surface area contributed by atoms with Gasteiger partial charge in [-0.2, -0.15) is 0 Å². The number of nitrogens with one attached hydrogen (secondary N) is 1. The van der Waals surface area contributed by atoms with Crippen molar-refractivity contribution in [3.63, 3.8) is 0 Å². The predicted octanol–water partition coefficient (Wildman–Crippen LogP) is 1.29. The molecule has 0 rings (SSSR count). The van der Waals surface area contributed by atoms with Gasteiger partial charge < -0.3 is 0 Å². The summed E-state index contributed by atoms with van der Waals surface area (Å²) in [5, 5.41) is 0. The van der Waals surface area contributed by atoms with Crippen molar-refractivity contribution in [2.24, 2.45) is 0 Å². The smallest absolute Gasteiger partial charge is 0.0413 e. The minimum absolute atomic E-state index is 0.410. The summed E-state index contributed by atoms with van der Waals surface area (Å²) in [4.78, 5) is 0. The van der Waals surface area contributed by atoms with Crippen LogP contribution in [0.3, 0.4) is 0 Å². The Kier molecular flexibility index (Phi) is 1.88. The molecule has 0 aliphatic carbocycles. The van der Waals surface area contributed by atoms with Crippen LogP contribution in [0.1, 0.15) is 13.8 Å². The predicted molar refractivity (Wildman–Crippen MR) is 27.9 cm³/mol. The quantitative estimate of drug-likeness (QED) is 0.450. The summed E-state index contributed by atoms with van der Waals surface area (Å²) in [6.45, 7) is 3.56. The molecule has 1 radical (unpaired) electrons. The van der Waals surface area contributed by atoms with Crippen molar-refractivity contribution in [3.05, 3.63) is 0 Å². The Balaban J connectivity index is 3.17. The van der Waals surface area contributed by atoms with Gasteiger partial charge in [0, 0.05) is 11.4 Å². The van der Waals surface area contributed by atoms with E-state index in [4.69, 9.17) is 17.3 Å². The molecule has 1 nitrogen and oxygen atoms in total. The van der Waals surface area contributed by atoms with Gasteiger partial charge >= 0.3 is 0 Å². The number of hydrogen-bond acceptors (Lipinski definition) is 0. The maximum absolute atomic E-state index is 7.05.